The molecule has 0 heterocycles. The maximum atomic E-state index is 11.2. The molecule has 0 unspecified atom stereocenters. The topological polar surface area (TPSA) is 37.3 Å². The van der Waals surface area contributed by atoms with E-state index in [4.69, 9.17) is 0 Å². The first-order valence-electron chi connectivity index (χ1n) is 4.19. The van der Waals surface area contributed by atoms with Crippen molar-refractivity contribution in [1.29, 1.82) is 0 Å². The quantitative estimate of drug-likeness (QED) is 0.742. The third kappa shape index (κ3) is 1.70. The van der Waals surface area contributed by atoms with Crippen LogP contribution in [0.5, 0.6) is 5.75 Å². The molecule has 2 nitrogen and oxygen atoms in total. The second kappa shape index (κ2) is 3.29. The molecule has 13 heavy (non-hydrogen) atoms. The highest BCUT2D eigenvalue weighted by Crippen LogP contribution is 2.28. The number of aryl methyl sites for hydroxylation is 1. The van der Waals surface area contributed by atoms with E-state index in [1.54, 1.807) is 6.07 Å². The smallest absolute Gasteiger partial charge is 0.137 e. The van der Waals surface area contributed by atoms with Crippen LogP contribution in [-0.2, 0) is 17.6 Å². The van der Waals surface area contributed by atoms with Gasteiger partial charge in [0.05, 0.1) is 3.57 Å². The lowest BCUT2D eigenvalue weighted by atomic mass is 9.91. The number of Topliss-reactive ketones (excluding diaryl/α,β-unsaturated/α-hetero) is 1. The Balaban J connectivity index is 2.49. The van der Waals surface area contributed by atoms with Crippen LogP contribution in [-0.4, -0.2) is 10.9 Å². The fourth-order valence-corrected chi connectivity index (χ4v) is 2.15. The molecule has 1 aliphatic carbocycles. The van der Waals surface area contributed by atoms with E-state index in [-0.39, 0.29) is 0 Å². The minimum Gasteiger partial charge on any atom is -0.507 e. The Labute approximate surface area is 90.1 Å². The standard InChI is InChI=1S/C10H9IO2/c11-9-4-7-3-8(12)2-1-6(7)5-10(9)13/h4-5,13H,1-3H2. The number of phenols is 1. The Morgan fingerprint density at radius 2 is 2.00 bits per heavy atom. The van der Waals surface area contributed by atoms with E-state index in [0.29, 0.717) is 24.4 Å². The SMILES string of the molecule is O=C1CCc2cc(O)c(I)cc2C1. The predicted molar refractivity (Wildman–Crippen MR) is 57.9 cm³/mol. The molecular formula is C10H9IO2. The van der Waals surface area contributed by atoms with Crippen molar-refractivity contribution in [3.8, 4) is 5.75 Å². The molecule has 0 atom stereocenters. The number of carbonyl (C=O) groups is 1. The van der Waals surface area contributed by atoms with E-state index in [1.807, 2.05) is 6.07 Å². The van der Waals surface area contributed by atoms with E-state index in [2.05, 4.69) is 22.6 Å². The van der Waals surface area contributed by atoms with Crippen molar-refractivity contribution in [1.82, 2.24) is 0 Å². The van der Waals surface area contributed by atoms with Crippen molar-refractivity contribution < 1.29 is 9.90 Å². The number of fused-ring (bicyclic) bond motifs is 1. The molecule has 0 saturated carbocycles. The number of ketones is 1. The third-order valence-corrected chi connectivity index (χ3v) is 3.19. The van der Waals surface area contributed by atoms with Gasteiger partial charge in [-0.3, -0.25) is 4.79 Å². The second-order valence-corrected chi connectivity index (χ2v) is 4.45. The lowest BCUT2D eigenvalue weighted by molar-refractivity contribution is -0.118. The van der Waals surface area contributed by atoms with Gasteiger partial charge >= 0.3 is 0 Å². The second-order valence-electron chi connectivity index (χ2n) is 3.29. The summed E-state index contributed by atoms with van der Waals surface area (Å²) in [5, 5.41) is 9.45. The highest BCUT2D eigenvalue weighted by Gasteiger charge is 2.16. The molecular weight excluding hydrogens is 279 g/mol. The first-order chi connectivity index (χ1) is 6.16. The number of hydrogen-bond acceptors (Lipinski definition) is 2. The van der Waals surface area contributed by atoms with Crippen molar-refractivity contribution in [2.75, 3.05) is 0 Å². The molecule has 1 aromatic carbocycles. The molecule has 2 rings (SSSR count). The highest BCUT2D eigenvalue weighted by molar-refractivity contribution is 14.1. The van der Waals surface area contributed by atoms with E-state index in [9.17, 15) is 9.90 Å². The summed E-state index contributed by atoms with van der Waals surface area (Å²) in [6.07, 6.45) is 1.93. The highest BCUT2D eigenvalue weighted by atomic mass is 127. The third-order valence-electron chi connectivity index (χ3n) is 2.33. The van der Waals surface area contributed by atoms with Crippen LogP contribution in [0.25, 0.3) is 0 Å². The van der Waals surface area contributed by atoms with Crippen molar-refractivity contribution in [2.45, 2.75) is 19.3 Å². The summed E-state index contributed by atoms with van der Waals surface area (Å²) in [6, 6.07) is 3.69. The summed E-state index contributed by atoms with van der Waals surface area (Å²) in [4.78, 5) is 11.2. The molecule has 1 aliphatic rings. The van der Waals surface area contributed by atoms with Crippen LogP contribution in [0.3, 0.4) is 0 Å². The minimum atomic E-state index is 0.300. The molecule has 3 heteroatoms. The lowest BCUT2D eigenvalue weighted by Crippen LogP contribution is -2.13. The minimum absolute atomic E-state index is 0.300. The number of rotatable bonds is 0. The van der Waals surface area contributed by atoms with Gasteiger partial charge in [-0.25, -0.2) is 0 Å². The first-order valence-corrected chi connectivity index (χ1v) is 5.26. The van der Waals surface area contributed by atoms with Gasteiger partial charge in [-0.05, 0) is 52.3 Å². The van der Waals surface area contributed by atoms with Gasteiger partial charge in [-0.2, -0.15) is 0 Å². The molecule has 0 bridgehead atoms. The van der Waals surface area contributed by atoms with Gasteiger partial charge in [-0.15, -0.1) is 0 Å². The molecule has 0 saturated heterocycles. The molecule has 0 radical (unpaired) electrons. The van der Waals surface area contributed by atoms with Gasteiger partial charge in [0.25, 0.3) is 0 Å². The summed E-state index contributed by atoms with van der Waals surface area (Å²) < 4.78 is 0.825. The van der Waals surface area contributed by atoms with Crippen LogP contribution < -0.4 is 0 Å². The zero-order valence-corrected chi connectivity index (χ0v) is 9.17. The normalized spacial score (nSPS) is 15.6. The average Bonchev–Trinajstić information content (AvgIpc) is 2.08. The van der Waals surface area contributed by atoms with Crippen LogP contribution >= 0.6 is 22.6 Å². The molecule has 0 fully saturated rings. The Morgan fingerprint density at radius 1 is 1.23 bits per heavy atom. The summed E-state index contributed by atoms with van der Waals surface area (Å²) >= 11 is 2.08. The fourth-order valence-electron chi connectivity index (χ4n) is 1.62. The molecule has 68 valence electrons. The van der Waals surface area contributed by atoms with Crippen molar-refractivity contribution in [3.63, 3.8) is 0 Å². The van der Waals surface area contributed by atoms with Crippen LogP contribution in [0, 0.1) is 3.57 Å². The lowest BCUT2D eigenvalue weighted by Gasteiger charge is -2.15. The van der Waals surface area contributed by atoms with Gasteiger partial charge in [-0.1, -0.05) is 0 Å². The fraction of sp³-hybridized carbons (Fsp3) is 0.300. The zero-order chi connectivity index (χ0) is 9.42. The monoisotopic (exact) mass is 288 g/mol. The summed E-state index contributed by atoms with van der Waals surface area (Å²) in [5.74, 6) is 0.627. The largest absolute Gasteiger partial charge is 0.507 e. The van der Waals surface area contributed by atoms with Crippen molar-refractivity contribution >= 4 is 28.4 Å². The van der Waals surface area contributed by atoms with Crippen LogP contribution in [0.4, 0.5) is 0 Å². The van der Waals surface area contributed by atoms with E-state index >= 15 is 0 Å². The number of halogens is 1. The Hall–Kier alpha value is -0.580. The Bertz CT molecular complexity index is 371. The first kappa shape index (κ1) is 8.99. The van der Waals surface area contributed by atoms with Crippen LogP contribution in [0.15, 0.2) is 12.1 Å². The number of aromatic hydroxyl groups is 1. The van der Waals surface area contributed by atoms with Gasteiger partial charge in [0.15, 0.2) is 0 Å². The van der Waals surface area contributed by atoms with Crippen molar-refractivity contribution in [3.05, 3.63) is 26.8 Å². The Kier molecular flexibility index (Phi) is 2.27. The van der Waals surface area contributed by atoms with Gasteiger partial charge in [0.2, 0.25) is 0 Å². The zero-order valence-electron chi connectivity index (χ0n) is 7.01. The van der Waals surface area contributed by atoms with Gasteiger partial charge < -0.3 is 5.11 Å². The van der Waals surface area contributed by atoms with Crippen LogP contribution in [0.2, 0.25) is 0 Å². The molecule has 0 amide bonds. The molecule has 0 aliphatic heterocycles. The maximum absolute atomic E-state index is 11.2. The maximum Gasteiger partial charge on any atom is 0.137 e. The molecule has 0 spiro atoms. The van der Waals surface area contributed by atoms with Crippen LogP contribution in [0.1, 0.15) is 17.5 Å². The predicted octanol–water partition coefficient (Wildman–Crippen LogP) is 2.05. The number of hydrogen-bond donors (Lipinski definition) is 1. The van der Waals surface area contributed by atoms with E-state index in [1.165, 1.54) is 0 Å². The van der Waals surface area contributed by atoms with Gasteiger partial charge in [0.1, 0.15) is 11.5 Å². The van der Waals surface area contributed by atoms with E-state index < -0.39 is 0 Å². The van der Waals surface area contributed by atoms with Gasteiger partial charge in [0, 0.05) is 12.8 Å². The summed E-state index contributed by atoms with van der Waals surface area (Å²) in [7, 11) is 0. The average molecular weight is 288 g/mol. The van der Waals surface area contributed by atoms with Crippen molar-refractivity contribution in [2.24, 2.45) is 0 Å². The molecule has 0 aromatic heterocycles. The number of benzene rings is 1. The number of carbonyl (C=O) groups excluding carboxylic acids is 1. The summed E-state index contributed by atoms with van der Waals surface area (Å²) in [5.41, 5.74) is 2.20. The van der Waals surface area contributed by atoms with E-state index in [0.717, 1.165) is 21.1 Å². The molecule has 1 N–H and O–H groups in total. The molecule has 1 aromatic rings. The number of phenolic OH excluding ortho intramolecular Hbond substituents is 1. The Morgan fingerprint density at radius 3 is 2.77 bits per heavy atom. The summed E-state index contributed by atoms with van der Waals surface area (Å²) in [6.45, 7) is 0.